The van der Waals surface area contributed by atoms with Crippen LogP contribution in [-0.4, -0.2) is 34.9 Å². The third kappa shape index (κ3) is 2.76. The van der Waals surface area contributed by atoms with E-state index in [-0.39, 0.29) is 5.91 Å². The van der Waals surface area contributed by atoms with Crippen molar-refractivity contribution in [2.75, 3.05) is 18.4 Å². The minimum Gasteiger partial charge on any atom is -0.357 e. The largest absolute Gasteiger partial charge is 0.357 e. The second-order valence-corrected chi connectivity index (χ2v) is 5.48. The van der Waals surface area contributed by atoms with Crippen LogP contribution in [-0.2, 0) is 0 Å². The average molecular weight is 273 g/mol. The number of carbonyl (C=O) groups is 1. The molecule has 1 fully saturated rings. The average Bonchev–Trinajstić information content (AvgIpc) is 3.11. The van der Waals surface area contributed by atoms with Gasteiger partial charge in [-0.05, 0) is 18.6 Å². The number of nitrogens with zero attached hydrogens (tertiary/aromatic N) is 2. The zero-order valence-corrected chi connectivity index (χ0v) is 11.3. The molecule has 1 N–H and O–H groups in total. The smallest absolute Gasteiger partial charge is 0.253 e. The topological polar surface area (TPSA) is 45.2 Å². The first-order chi connectivity index (χ1) is 9.33. The number of amides is 1. The predicted octanol–water partition coefficient (Wildman–Crippen LogP) is 2.47. The molecule has 0 bridgehead atoms. The number of nitrogens with one attached hydrogen (secondary N) is 1. The maximum Gasteiger partial charge on any atom is 0.253 e. The van der Waals surface area contributed by atoms with Gasteiger partial charge >= 0.3 is 0 Å². The third-order valence-electron chi connectivity index (χ3n) is 3.26. The number of likely N-dealkylation sites (tertiary alicyclic amines) is 1. The van der Waals surface area contributed by atoms with Crippen molar-refractivity contribution in [3.8, 4) is 0 Å². The minimum absolute atomic E-state index is 0.115. The SMILES string of the molecule is O=C(c1ccccc1)N1CCC(Nc2nccs2)C1. The van der Waals surface area contributed by atoms with Gasteiger partial charge in [-0.15, -0.1) is 11.3 Å². The van der Waals surface area contributed by atoms with Crippen molar-refractivity contribution in [1.29, 1.82) is 0 Å². The first kappa shape index (κ1) is 12.2. The van der Waals surface area contributed by atoms with Gasteiger partial charge in [0.2, 0.25) is 0 Å². The van der Waals surface area contributed by atoms with Crippen LogP contribution in [0.2, 0.25) is 0 Å². The van der Waals surface area contributed by atoms with Crippen LogP contribution >= 0.6 is 11.3 Å². The van der Waals surface area contributed by atoms with E-state index in [4.69, 9.17) is 0 Å². The van der Waals surface area contributed by atoms with Crippen LogP contribution in [0.1, 0.15) is 16.8 Å². The monoisotopic (exact) mass is 273 g/mol. The molecule has 0 aliphatic carbocycles. The van der Waals surface area contributed by atoms with E-state index in [2.05, 4.69) is 10.3 Å². The molecular formula is C14H15N3OS. The van der Waals surface area contributed by atoms with E-state index in [9.17, 15) is 4.79 Å². The minimum atomic E-state index is 0.115. The molecule has 2 heterocycles. The second-order valence-electron chi connectivity index (χ2n) is 4.58. The summed E-state index contributed by atoms with van der Waals surface area (Å²) in [4.78, 5) is 18.4. The highest BCUT2D eigenvalue weighted by atomic mass is 32.1. The summed E-state index contributed by atoms with van der Waals surface area (Å²) in [7, 11) is 0. The Hall–Kier alpha value is -1.88. The van der Waals surface area contributed by atoms with Gasteiger partial charge in [-0.2, -0.15) is 0 Å². The van der Waals surface area contributed by atoms with Gasteiger partial charge in [-0.3, -0.25) is 4.79 Å². The van der Waals surface area contributed by atoms with Crippen LogP contribution in [0.4, 0.5) is 5.13 Å². The van der Waals surface area contributed by atoms with E-state index in [0.29, 0.717) is 6.04 Å². The molecule has 3 rings (SSSR count). The van der Waals surface area contributed by atoms with Crippen LogP contribution in [0, 0.1) is 0 Å². The fourth-order valence-electron chi connectivity index (χ4n) is 2.30. The van der Waals surface area contributed by atoms with Gasteiger partial charge in [0.1, 0.15) is 0 Å². The van der Waals surface area contributed by atoms with Crippen molar-refractivity contribution in [3.05, 3.63) is 47.5 Å². The molecule has 0 radical (unpaired) electrons. The number of rotatable bonds is 3. The number of aromatic nitrogens is 1. The number of thiazole rings is 1. The molecule has 1 amide bonds. The number of benzene rings is 1. The lowest BCUT2D eigenvalue weighted by Gasteiger charge is -2.16. The van der Waals surface area contributed by atoms with Gasteiger partial charge < -0.3 is 10.2 Å². The molecule has 5 heteroatoms. The van der Waals surface area contributed by atoms with E-state index in [1.165, 1.54) is 0 Å². The first-order valence-electron chi connectivity index (χ1n) is 6.33. The number of carbonyl (C=O) groups excluding carboxylic acids is 1. The summed E-state index contributed by atoms with van der Waals surface area (Å²) in [6.07, 6.45) is 2.76. The Morgan fingerprint density at radius 1 is 1.37 bits per heavy atom. The Balaban J connectivity index is 1.61. The molecule has 1 aliphatic heterocycles. The first-order valence-corrected chi connectivity index (χ1v) is 7.21. The van der Waals surface area contributed by atoms with Crippen LogP contribution in [0.5, 0.6) is 0 Å². The molecule has 19 heavy (non-hydrogen) atoms. The van der Waals surface area contributed by atoms with E-state index in [0.717, 1.165) is 30.2 Å². The maximum absolute atomic E-state index is 12.3. The lowest BCUT2D eigenvalue weighted by molar-refractivity contribution is 0.0791. The summed E-state index contributed by atoms with van der Waals surface area (Å²) in [5, 5.41) is 6.25. The molecule has 1 aliphatic rings. The predicted molar refractivity (Wildman–Crippen MR) is 76.5 cm³/mol. The summed E-state index contributed by atoms with van der Waals surface area (Å²) in [5.41, 5.74) is 0.761. The molecule has 4 nitrogen and oxygen atoms in total. The van der Waals surface area contributed by atoms with E-state index < -0.39 is 0 Å². The summed E-state index contributed by atoms with van der Waals surface area (Å²) in [6.45, 7) is 1.55. The van der Waals surface area contributed by atoms with Crippen molar-refractivity contribution in [2.24, 2.45) is 0 Å². The van der Waals surface area contributed by atoms with Gasteiger partial charge in [0.25, 0.3) is 5.91 Å². The number of hydrogen-bond donors (Lipinski definition) is 1. The number of anilines is 1. The lowest BCUT2D eigenvalue weighted by Crippen LogP contribution is -2.31. The highest BCUT2D eigenvalue weighted by Gasteiger charge is 2.27. The molecular weight excluding hydrogens is 258 g/mol. The molecule has 1 saturated heterocycles. The fourth-order valence-corrected chi connectivity index (χ4v) is 2.90. The molecule has 1 aromatic heterocycles. The summed E-state index contributed by atoms with van der Waals surface area (Å²) in [6, 6.07) is 9.75. The zero-order valence-electron chi connectivity index (χ0n) is 10.5. The summed E-state index contributed by atoms with van der Waals surface area (Å²) < 4.78 is 0. The summed E-state index contributed by atoms with van der Waals surface area (Å²) >= 11 is 1.59. The van der Waals surface area contributed by atoms with E-state index in [1.54, 1.807) is 17.5 Å². The van der Waals surface area contributed by atoms with Gasteiger partial charge in [-0.25, -0.2) is 4.98 Å². The van der Waals surface area contributed by atoms with Gasteiger partial charge in [-0.1, -0.05) is 18.2 Å². The standard InChI is InChI=1S/C14H15N3OS/c18-13(11-4-2-1-3-5-11)17-8-6-12(10-17)16-14-15-7-9-19-14/h1-5,7,9,12H,6,8,10H2,(H,15,16). The van der Waals surface area contributed by atoms with E-state index in [1.807, 2.05) is 40.6 Å². The molecule has 98 valence electrons. The molecule has 0 saturated carbocycles. The van der Waals surface area contributed by atoms with Crippen molar-refractivity contribution >= 4 is 22.4 Å². The maximum atomic E-state index is 12.3. The Bertz CT molecular complexity index is 541. The highest BCUT2D eigenvalue weighted by Crippen LogP contribution is 2.19. The third-order valence-corrected chi connectivity index (χ3v) is 3.96. The van der Waals surface area contributed by atoms with Crippen molar-refractivity contribution in [1.82, 2.24) is 9.88 Å². The summed E-state index contributed by atoms with van der Waals surface area (Å²) in [5.74, 6) is 0.115. The van der Waals surface area contributed by atoms with Crippen LogP contribution < -0.4 is 5.32 Å². The lowest BCUT2D eigenvalue weighted by atomic mass is 10.2. The number of hydrogen-bond acceptors (Lipinski definition) is 4. The Labute approximate surface area is 116 Å². The van der Waals surface area contributed by atoms with Gasteiger partial charge in [0.15, 0.2) is 5.13 Å². The van der Waals surface area contributed by atoms with Crippen molar-refractivity contribution in [2.45, 2.75) is 12.5 Å². The van der Waals surface area contributed by atoms with Crippen LogP contribution in [0.3, 0.4) is 0 Å². The highest BCUT2D eigenvalue weighted by molar-refractivity contribution is 7.13. The molecule has 1 aromatic carbocycles. The molecule has 1 atom stereocenters. The normalized spacial score (nSPS) is 18.5. The quantitative estimate of drug-likeness (QED) is 0.934. The fraction of sp³-hybridized carbons (Fsp3) is 0.286. The Morgan fingerprint density at radius 3 is 2.95 bits per heavy atom. The van der Waals surface area contributed by atoms with Crippen LogP contribution in [0.15, 0.2) is 41.9 Å². The Kier molecular flexibility index (Phi) is 3.46. The van der Waals surface area contributed by atoms with Gasteiger partial charge in [0.05, 0.1) is 0 Å². The second kappa shape index (κ2) is 5.40. The zero-order chi connectivity index (χ0) is 13.1. The van der Waals surface area contributed by atoms with Gasteiger partial charge in [0, 0.05) is 36.3 Å². The molecule has 2 aromatic rings. The molecule has 0 spiro atoms. The van der Waals surface area contributed by atoms with E-state index >= 15 is 0 Å². The Morgan fingerprint density at radius 2 is 2.21 bits per heavy atom. The van der Waals surface area contributed by atoms with Crippen molar-refractivity contribution in [3.63, 3.8) is 0 Å². The van der Waals surface area contributed by atoms with Crippen molar-refractivity contribution < 1.29 is 4.79 Å². The molecule has 1 unspecified atom stereocenters. The van der Waals surface area contributed by atoms with Crippen LogP contribution in [0.25, 0.3) is 0 Å².